The number of allylic oxidation sites excluding steroid dienone is 4. The summed E-state index contributed by atoms with van der Waals surface area (Å²) in [7, 11) is 0. The van der Waals surface area contributed by atoms with E-state index in [4.69, 9.17) is 4.74 Å². The number of carbonyl (C=O) groups excluding carboxylic acids is 2. The minimum atomic E-state index is -0.338. The Kier molecular flexibility index (Phi) is 2.55. The Balaban J connectivity index is 1.81. The van der Waals surface area contributed by atoms with Crippen molar-refractivity contribution in [3.63, 3.8) is 0 Å². The second-order valence-electron chi connectivity index (χ2n) is 6.44. The number of ether oxygens (including phenoxy) is 1. The van der Waals surface area contributed by atoms with Gasteiger partial charge in [0.25, 0.3) is 0 Å². The van der Waals surface area contributed by atoms with Crippen molar-refractivity contribution in [1.82, 2.24) is 0 Å². The molecular weight excluding hydrogens is 300 g/mol. The van der Waals surface area contributed by atoms with Crippen LogP contribution in [0.4, 0.5) is 0 Å². The van der Waals surface area contributed by atoms with Crippen molar-refractivity contribution >= 4 is 17.1 Å². The molecule has 2 aliphatic carbocycles. The zero-order valence-electron chi connectivity index (χ0n) is 13.1. The van der Waals surface area contributed by atoms with Gasteiger partial charge < -0.3 is 4.74 Å². The summed E-state index contributed by atoms with van der Waals surface area (Å²) in [5.74, 6) is 0.779. The molecule has 2 atom stereocenters. The first-order valence-corrected chi connectivity index (χ1v) is 8.04. The summed E-state index contributed by atoms with van der Waals surface area (Å²) in [5.41, 5.74) is 3.98. The third kappa shape index (κ3) is 1.56. The third-order valence-electron chi connectivity index (χ3n) is 5.21. The van der Waals surface area contributed by atoms with Gasteiger partial charge in [0, 0.05) is 22.6 Å². The van der Waals surface area contributed by atoms with Crippen LogP contribution in [-0.4, -0.2) is 11.6 Å². The lowest BCUT2D eigenvalue weighted by Gasteiger charge is -2.35. The minimum absolute atomic E-state index is 0.0530. The number of fused-ring (bicyclic) bond motifs is 7. The molecule has 0 spiro atoms. The van der Waals surface area contributed by atoms with Crippen LogP contribution in [0.1, 0.15) is 34.3 Å². The average molecular weight is 314 g/mol. The SMILES string of the molecule is CC1=C2C(=O)C=C3c4ccccc4C(=O)C3C2c2ccccc2O1. The molecule has 2 aromatic carbocycles. The Morgan fingerprint density at radius 2 is 1.58 bits per heavy atom. The number of hydrogen-bond acceptors (Lipinski definition) is 3. The Morgan fingerprint density at radius 1 is 0.875 bits per heavy atom. The lowest BCUT2D eigenvalue weighted by atomic mass is 9.70. The van der Waals surface area contributed by atoms with Crippen molar-refractivity contribution in [3.8, 4) is 5.75 Å². The van der Waals surface area contributed by atoms with Crippen LogP contribution in [0, 0.1) is 5.92 Å². The molecule has 0 saturated carbocycles. The van der Waals surface area contributed by atoms with Crippen LogP contribution in [0.3, 0.4) is 0 Å². The van der Waals surface area contributed by atoms with Crippen molar-refractivity contribution in [2.45, 2.75) is 12.8 Å². The molecule has 0 fully saturated rings. The van der Waals surface area contributed by atoms with Crippen LogP contribution in [-0.2, 0) is 4.79 Å². The fourth-order valence-corrected chi connectivity index (χ4v) is 4.24. The number of Topliss-reactive ketones (excluding diaryl/α,β-unsaturated/α-hetero) is 1. The van der Waals surface area contributed by atoms with E-state index in [1.807, 2.05) is 55.5 Å². The summed E-state index contributed by atoms with van der Waals surface area (Å²) in [5, 5.41) is 0. The Bertz CT molecular complexity index is 994. The highest BCUT2D eigenvalue weighted by Crippen LogP contribution is 2.54. The highest BCUT2D eigenvalue weighted by atomic mass is 16.5. The molecule has 2 aromatic rings. The van der Waals surface area contributed by atoms with Gasteiger partial charge in [0.15, 0.2) is 11.6 Å². The maximum atomic E-state index is 13.1. The predicted octanol–water partition coefficient (Wildman–Crippen LogP) is 3.92. The molecule has 0 saturated heterocycles. The van der Waals surface area contributed by atoms with Crippen LogP contribution in [0.5, 0.6) is 5.75 Å². The number of ketones is 2. The fourth-order valence-electron chi connectivity index (χ4n) is 4.24. The summed E-state index contributed by atoms with van der Waals surface area (Å²) >= 11 is 0. The number of hydrogen-bond donors (Lipinski definition) is 0. The number of rotatable bonds is 0. The van der Waals surface area contributed by atoms with Crippen LogP contribution in [0.25, 0.3) is 5.57 Å². The molecule has 0 amide bonds. The van der Waals surface area contributed by atoms with Crippen LogP contribution >= 0.6 is 0 Å². The predicted molar refractivity (Wildman–Crippen MR) is 89.8 cm³/mol. The van der Waals surface area contributed by atoms with Crippen molar-refractivity contribution < 1.29 is 14.3 Å². The standard InChI is InChI=1S/C21H14O3/c1-11-18-16(22)10-15-12-6-2-3-7-13(12)21(23)20(15)19(18)14-8-4-5-9-17(14)24-11/h2-10,19-20H,1H3. The summed E-state index contributed by atoms with van der Waals surface area (Å²) in [6.45, 7) is 1.81. The van der Waals surface area contributed by atoms with E-state index in [1.165, 1.54) is 0 Å². The van der Waals surface area contributed by atoms with Crippen molar-refractivity contribution in [1.29, 1.82) is 0 Å². The van der Waals surface area contributed by atoms with E-state index >= 15 is 0 Å². The summed E-state index contributed by atoms with van der Waals surface area (Å²) < 4.78 is 5.85. The Morgan fingerprint density at radius 3 is 2.42 bits per heavy atom. The molecule has 2 unspecified atom stereocenters. The maximum Gasteiger partial charge on any atom is 0.186 e. The van der Waals surface area contributed by atoms with Crippen molar-refractivity contribution in [2.24, 2.45) is 5.92 Å². The van der Waals surface area contributed by atoms with Crippen LogP contribution < -0.4 is 4.74 Å². The molecule has 0 N–H and O–H groups in total. The molecule has 5 rings (SSSR count). The monoisotopic (exact) mass is 314 g/mol. The first-order chi connectivity index (χ1) is 11.7. The fraction of sp³-hybridized carbons (Fsp3) is 0.143. The van der Waals surface area contributed by atoms with E-state index in [-0.39, 0.29) is 23.4 Å². The van der Waals surface area contributed by atoms with E-state index < -0.39 is 0 Å². The molecule has 24 heavy (non-hydrogen) atoms. The smallest absolute Gasteiger partial charge is 0.186 e. The highest BCUT2D eigenvalue weighted by Gasteiger charge is 2.49. The largest absolute Gasteiger partial charge is 0.461 e. The van der Waals surface area contributed by atoms with Crippen LogP contribution in [0.15, 0.2) is 65.9 Å². The highest BCUT2D eigenvalue weighted by molar-refractivity contribution is 6.23. The maximum absolute atomic E-state index is 13.1. The lowest BCUT2D eigenvalue weighted by molar-refractivity contribution is -0.112. The summed E-state index contributed by atoms with van der Waals surface area (Å²) in [6.07, 6.45) is 1.63. The van der Waals surface area contributed by atoms with Gasteiger partial charge in [0.05, 0.1) is 5.92 Å². The number of carbonyl (C=O) groups is 2. The quantitative estimate of drug-likeness (QED) is 0.740. The lowest BCUT2D eigenvalue weighted by Crippen LogP contribution is -2.31. The number of benzene rings is 2. The number of para-hydroxylation sites is 1. The van der Waals surface area contributed by atoms with Gasteiger partial charge >= 0.3 is 0 Å². The molecule has 3 aliphatic rings. The van der Waals surface area contributed by atoms with Gasteiger partial charge in [0.1, 0.15) is 11.5 Å². The zero-order valence-corrected chi connectivity index (χ0v) is 13.1. The van der Waals surface area contributed by atoms with Gasteiger partial charge in [-0.1, -0.05) is 42.5 Å². The molecule has 0 aromatic heterocycles. The van der Waals surface area contributed by atoms with Crippen LogP contribution in [0.2, 0.25) is 0 Å². The third-order valence-corrected chi connectivity index (χ3v) is 5.21. The molecule has 1 heterocycles. The van der Waals surface area contributed by atoms with Crippen molar-refractivity contribution in [3.05, 3.63) is 82.6 Å². The molecule has 1 aliphatic heterocycles. The van der Waals surface area contributed by atoms with Gasteiger partial charge in [0.2, 0.25) is 0 Å². The van der Waals surface area contributed by atoms with Gasteiger partial charge in [-0.05, 0) is 30.2 Å². The van der Waals surface area contributed by atoms with Gasteiger partial charge in [-0.25, -0.2) is 0 Å². The van der Waals surface area contributed by atoms with Gasteiger partial charge in [-0.15, -0.1) is 0 Å². The molecule has 3 nitrogen and oxygen atoms in total. The minimum Gasteiger partial charge on any atom is -0.461 e. The van der Waals surface area contributed by atoms with E-state index in [1.54, 1.807) is 6.08 Å². The molecule has 3 heteroatoms. The van der Waals surface area contributed by atoms with Crippen molar-refractivity contribution in [2.75, 3.05) is 0 Å². The first kappa shape index (κ1) is 13.5. The van der Waals surface area contributed by atoms with E-state index in [0.717, 1.165) is 22.4 Å². The summed E-state index contributed by atoms with van der Waals surface area (Å²) in [4.78, 5) is 25.9. The van der Waals surface area contributed by atoms with Gasteiger partial charge in [-0.2, -0.15) is 0 Å². The normalized spacial score (nSPS) is 23.8. The Hall–Kier alpha value is -2.94. The molecule has 0 bridgehead atoms. The Labute approximate surface area is 139 Å². The second kappa shape index (κ2) is 4.54. The first-order valence-electron chi connectivity index (χ1n) is 8.04. The topological polar surface area (TPSA) is 43.4 Å². The average Bonchev–Trinajstić information content (AvgIpc) is 2.87. The molecular formula is C21H14O3. The molecule has 0 radical (unpaired) electrons. The summed E-state index contributed by atoms with van der Waals surface area (Å²) in [6, 6.07) is 15.2. The van der Waals surface area contributed by atoms with E-state index in [9.17, 15) is 9.59 Å². The van der Waals surface area contributed by atoms with E-state index in [2.05, 4.69) is 0 Å². The molecule has 116 valence electrons. The van der Waals surface area contributed by atoms with Gasteiger partial charge in [-0.3, -0.25) is 9.59 Å². The second-order valence-corrected chi connectivity index (χ2v) is 6.44. The zero-order chi connectivity index (χ0) is 16.4. The van der Waals surface area contributed by atoms with E-state index in [0.29, 0.717) is 16.9 Å².